The van der Waals surface area contributed by atoms with Crippen LogP contribution in [0.5, 0.6) is 0 Å². The van der Waals surface area contributed by atoms with E-state index in [9.17, 15) is 14.9 Å². The van der Waals surface area contributed by atoms with E-state index in [1.54, 1.807) is 6.92 Å². The molecule has 0 saturated carbocycles. The van der Waals surface area contributed by atoms with Gasteiger partial charge in [-0.3, -0.25) is 14.9 Å². The first kappa shape index (κ1) is 19.3. The van der Waals surface area contributed by atoms with Crippen LogP contribution in [0.1, 0.15) is 5.56 Å². The van der Waals surface area contributed by atoms with Crippen LogP contribution >= 0.6 is 34.7 Å². The van der Waals surface area contributed by atoms with Crippen LogP contribution in [0.2, 0.25) is 5.02 Å². The number of carbonyl (C=O) groups is 1. The Morgan fingerprint density at radius 3 is 2.70 bits per heavy atom. The van der Waals surface area contributed by atoms with E-state index in [0.717, 1.165) is 15.6 Å². The first-order chi connectivity index (χ1) is 12.9. The van der Waals surface area contributed by atoms with Gasteiger partial charge < -0.3 is 5.32 Å². The molecule has 27 heavy (non-hydrogen) atoms. The van der Waals surface area contributed by atoms with Crippen LogP contribution in [0.4, 0.5) is 11.4 Å². The van der Waals surface area contributed by atoms with E-state index < -0.39 is 4.92 Å². The normalized spacial score (nSPS) is 10.6. The zero-order valence-electron chi connectivity index (χ0n) is 14.1. The molecule has 3 aromatic rings. The number of aryl methyl sites for hydroxylation is 1. The molecule has 0 radical (unpaired) electrons. The first-order valence-electron chi connectivity index (χ1n) is 7.81. The number of carbonyl (C=O) groups excluding carboxylic acids is 1. The van der Waals surface area contributed by atoms with Crippen molar-refractivity contribution in [1.82, 2.24) is 4.98 Å². The number of nitrogens with one attached hydrogen (secondary N) is 1. The molecule has 1 N–H and O–H groups in total. The van der Waals surface area contributed by atoms with E-state index in [1.807, 2.05) is 29.6 Å². The number of hydrogen-bond acceptors (Lipinski definition) is 6. The lowest BCUT2D eigenvalue weighted by atomic mass is 10.2. The SMILES string of the molecule is Cc1cc([N+](=O)[O-])ccc1NC(=O)CSc1nc(-c2ccc(Cl)cc2)cs1. The lowest BCUT2D eigenvalue weighted by Crippen LogP contribution is -2.14. The highest BCUT2D eigenvalue weighted by Crippen LogP contribution is 2.29. The van der Waals surface area contributed by atoms with Gasteiger partial charge in [0, 0.05) is 33.8 Å². The number of nitrogens with zero attached hydrogens (tertiary/aromatic N) is 2. The standard InChI is InChI=1S/C18H14ClN3O3S2/c1-11-8-14(22(24)25)6-7-15(11)20-17(23)10-27-18-21-16(9-26-18)12-2-4-13(19)5-3-12/h2-9H,10H2,1H3,(H,20,23). The minimum atomic E-state index is -0.463. The summed E-state index contributed by atoms with van der Waals surface area (Å²) < 4.78 is 0.788. The monoisotopic (exact) mass is 419 g/mol. The van der Waals surface area contributed by atoms with Gasteiger partial charge in [0.1, 0.15) is 0 Å². The van der Waals surface area contributed by atoms with E-state index in [1.165, 1.54) is 41.3 Å². The largest absolute Gasteiger partial charge is 0.325 e. The number of benzene rings is 2. The predicted molar refractivity (Wildman–Crippen MR) is 110 cm³/mol. The maximum atomic E-state index is 12.2. The molecule has 3 rings (SSSR count). The molecule has 0 fully saturated rings. The molecule has 1 aromatic heterocycles. The van der Waals surface area contributed by atoms with Crippen LogP contribution in [-0.4, -0.2) is 21.6 Å². The van der Waals surface area contributed by atoms with Crippen LogP contribution < -0.4 is 5.32 Å². The topological polar surface area (TPSA) is 85.1 Å². The lowest BCUT2D eigenvalue weighted by molar-refractivity contribution is -0.384. The van der Waals surface area contributed by atoms with Gasteiger partial charge in [-0.15, -0.1) is 11.3 Å². The highest BCUT2D eigenvalue weighted by molar-refractivity contribution is 8.01. The zero-order valence-corrected chi connectivity index (χ0v) is 16.5. The van der Waals surface area contributed by atoms with Gasteiger partial charge in [-0.25, -0.2) is 4.98 Å². The fourth-order valence-electron chi connectivity index (χ4n) is 2.29. The van der Waals surface area contributed by atoms with Crippen molar-refractivity contribution in [3.63, 3.8) is 0 Å². The number of non-ortho nitro benzene ring substituents is 1. The maximum absolute atomic E-state index is 12.2. The van der Waals surface area contributed by atoms with Crippen molar-refractivity contribution < 1.29 is 9.72 Å². The molecule has 0 aliphatic heterocycles. The number of halogens is 1. The average Bonchev–Trinajstić information content (AvgIpc) is 3.11. The van der Waals surface area contributed by atoms with Crippen LogP contribution in [0.25, 0.3) is 11.3 Å². The van der Waals surface area contributed by atoms with E-state index in [-0.39, 0.29) is 17.3 Å². The van der Waals surface area contributed by atoms with E-state index >= 15 is 0 Å². The molecule has 1 amide bonds. The molecule has 0 aliphatic rings. The molecule has 6 nitrogen and oxygen atoms in total. The van der Waals surface area contributed by atoms with Crippen LogP contribution in [0, 0.1) is 17.0 Å². The molecule has 0 bridgehead atoms. The first-order valence-corrected chi connectivity index (χ1v) is 10.1. The fraction of sp³-hybridized carbons (Fsp3) is 0.111. The number of thiazole rings is 1. The summed E-state index contributed by atoms with van der Waals surface area (Å²) in [5, 5.41) is 16.1. The molecule has 2 aromatic carbocycles. The van der Waals surface area contributed by atoms with Crippen LogP contribution in [-0.2, 0) is 4.79 Å². The van der Waals surface area contributed by atoms with Gasteiger partial charge in [0.05, 0.1) is 16.4 Å². The van der Waals surface area contributed by atoms with Crippen molar-refractivity contribution in [3.05, 3.63) is 68.5 Å². The minimum absolute atomic E-state index is 0.00242. The zero-order chi connectivity index (χ0) is 19.4. The summed E-state index contributed by atoms with van der Waals surface area (Å²) in [7, 11) is 0. The van der Waals surface area contributed by atoms with E-state index in [2.05, 4.69) is 10.3 Å². The number of nitro benzene ring substituents is 1. The number of amides is 1. The summed E-state index contributed by atoms with van der Waals surface area (Å²) in [5.41, 5.74) is 3.01. The number of hydrogen-bond donors (Lipinski definition) is 1. The van der Waals surface area contributed by atoms with Crippen molar-refractivity contribution in [2.75, 3.05) is 11.1 Å². The van der Waals surface area contributed by atoms with Crippen molar-refractivity contribution in [1.29, 1.82) is 0 Å². The Bertz CT molecular complexity index is 990. The second-order valence-electron chi connectivity index (χ2n) is 5.60. The Labute approximate surface area is 168 Å². The lowest BCUT2D eigenvalue weighted by Gasteiger charge is -2.07. The molecule has 0 saturated heterocycles. The summed E-state index contributed by atoms with van der Waals surface area (Å²) in [6.07, 6.45) is 0. The van der Waals surface area contributed by atoms with Gasteiger partial charge in [-0.2, -0.15) is 0 Å². The summed E-state index contributed by atoms with van der Waals surface area (Å²) in [5.74, 6) is 0.00415. The van der Waals surface area contributed by atoms with Gasteiger partial charge in [0.15, 0.2) is 4.34 Å². The molecule has 1 heterocycles. The highest BCUT2D eigenvalue weighted by Gasteiger charge is 2.12. The second kappa shape index (κ2) is 8.51. The second-order valence-corrected chi connectivity index (χ2v) is 8.12. The predicted octanol–water partition coefficient (Wildman–Crippen LogP) is 5.41. The highest BCUT2D eigenvalue weighted by atomic mass is 35.5. The van der Waals surface area contributed by atoms with E-state index in [0.29, 0.717) is 16.3 Å². The van der Waals surface area contributed by atoms with Crippen molar-refractivity contribution in [2.24, 2.45) is 0 Å². The molecule has 0 aliphatic carbocycles. The molecule has 0 unspecified atom stereocenters. The van der Waals surface area contributed by atoms with Gasteiger partial charge in [-0.1, -0.05) is 35.5 Å². The Kier molecular flexibility index (Phi) is 6.10. The number of thioether (sulfide) groups is 1. The van der Waals surface area contributed by atoms with Crippen molar-refractivity contribution >= 4 is 52.0 Å². The van der Waals surface area contributed by atoms with Gasteiger partial charge in [0.2, 0.25) is 5.91 Å². The Hall–Kier alpha value is -2.42. The quantitative estimate of drug-likeness (QED) is 0.328. The summed E-state index contributed by atoms with van der Waals surface area (Å²) in [4.78, 5) is 27.0. The summed E-state index contributed by atoms with van der Waals surface area (Å²) in [6, 6.07) is 11.8. The van der Waals surface area contributed by atoms with Crippen molar-refractivity contribution in [3.8, 4) is 11.3 Å². The molecule has 9 heteroatoms. The maximum Gasteiger partial charge on any atom is 0.269 e. The van der Waals surface area contributed by atoms with Crippen LogP contribution in [0.3, 0.4) is 0 Å². The average molecular weight is 420 g/mol. The third-order valence-corrected chi connectivity index (χ3v) is 5.92. The Balaban J connectivity index is 1.58. The molecule has 0 spiro atoms. The molecular formula is C18H14ClN3O3S2. The third-order valence-electron chi connectivity index (χ3n) is 3.64. The van der Waals surface area contributed by atoms with Crippen molar-refractivity contribution in [2.45, 2.75) is 11.3 Å². The molecule has 0 atom stereocenters. The van der Waals surface area contributed by atoms with Crippen LogP contribution in [0.15, 0.2) is 52.2 Å². The van der Waals surface area contributed by atoms with Gasteiger partial charge >= 0.3 is 0 Å². The Morgan fingerprint density at radius 2 is 2.04 bits per heavy atom. The number of aromatic nitrogens is 1. The minimum Gasteiger partial charge on any atom is -0.325 e. The van der Waals surface area contributed by atoms with Gasteiger partial charge in [0.25, 0.3) is 5.69 Å². The van der Waals surface area contributed by atoms with E-state index in [4.69, 9.17) is 11.6 Å². The fourth-order valence-corrected chi connectivity index (χ4v) is 4.05. The summed E-state index contributed by atoms with van der Waals surface area (Å²) in [6.45, 7) is 1.72. The third kappa shape index (κ3) is 5.06. The molecule has 138 valence electrons. The smallest absolute Gasteiger partial charge is 0.269 e. The summed E-state index contributed by atoms with van der Waals surface area (Å²) >= 11 is 8.70. The number of nitro groups is 1. The molecular weight excluding hydrogens is 406 g/mol. The number of anilines is 1. The Morgan fingerprint density at radius 1 is 1.30 bits per heavy atom. The number of rotatable bonds is 6. The van der Waals surface area contributed by atoms with Gasteiger partial charge in [-0.05, 0) is 30.7 Å².